The van der Waals surface area contributed by atoms with Crippen molar-refractivity contribution >= 4 is 29.1 Å². The average molecular weight is 375 g/mol. The number of carbonyl (C=O) groups is 1. The van der Waals surface area contributed by atoms with E-state index in [2.05, 4.69) is 29.6 Å². The van der Waals surface area contributed by atoms with Crippen LogP contribution in [-0.4, -0.2) is 83.1 Å². The number of carbonyl (C=O) groups excluding carboxylic acids is 1. The second-order valence-electron chi connectivity index (χ2n) is 6.32. The van der Waals surface area contributed by atoms with Gasteiger partial charge >= 0.3 is 0 Å². The molecule has 2 saturated heterocycles. The molecule has 26 heavy (non-hydrogen) atoms. The Balaban J connectivity index is 1.35. The largest absolute Gasteiger partial charge is 0.378 e. The zero-order valence-corrected chi connectivity index (χ0v) is 15.5. The van der Waals surface area contributed by atoms with Crippen LogP contribution >= 0.6 is 11.5 Å². The minimum atomic E-state index is 0.0194. The summed E-state index contributed by atoms with van der Waals surface area (Å²) in [5, 5.41) is 12.7. The molecule has 0 aliphatic carbocycles. The molecule has 2 aromatic heterocycles. The van der Waals surface area contributed by atoms with E-state index in [0.717, 1.165) is 62.6 Å². The Morgan fingerprint density at radius 2 is 1.58 bits per heavy atom. The lowest BCUT2D eigenvalue weighted by Crippen LogP contribution is -2.49. The third-order valence-electron chi connectivity index (χ3n) is 4.71. The maximum Gasteiger partial charge on any atom is 0.267 e. The first-order valence-corrected chi connectivity index (χ1v) is 9.49. The van der Waals surface area contributed by atoms with Gasteiger partial charge in [0.1, 0.15) is 4.88 Å². The van der Waals surface area contributed by atoms with Crippen LogP contribution in [0.25, 0.3) is 0 Å². The molecule has 9 nitrogen and oxygen atoms in total. The number of hydrogen-bond donors (Lipinski definition) is 0. The number of aryl methyl sites for hydroxylation is 1. The number of hydrogen-bond acceptors (Lipinski definition) is 9. The van der Waals surface area contributed by atoms with Gasteiger partial charge in [0, 0.05) is 39.3 Å². The zero-order valence-electron chi connectivity index (χ0n) is 14.7. The van der Waals surface area contributed by atoms with E-state index in [9.17, 15) is 4.79 Å². The summed E-state index contributed by atoms with van der Waals surface area (Å²) in [4.78, 5) is 19.4. The number of amides is 1. The van der Waals surface area contributed by atoms with Crippen LogP contribution in [0.2, 0.25) is 0 Å². The van der Waals surface area contributed by atoms with Gasteiger partial charge in [0.2, 0.25) is 0 Å². The molecule has 0 radical (unpaired) electrons. The van der Waals surface area contributed by atoms with Crippen molar-refractivity contribution in [2.75, 3.05) is 62.3 Å². The highest BCUT2D eigenvalue weighted by atomic mass is 32.1. The van der Waals surface area contributed by atoms with Gasteiger partial charge in [-0.05, 0) is 30.6 Å². The van der Waals surface area contributed by atoms with Crippen molar-refractivity contribution in [2.24, 2.45) is 0 Å². The van der Waals surface area contributed by atoms with Crippen molar-refractivity contribution in [3.05, 3.63) is 22.7 Å². The summed E-state index contributed by atoms with van der Waals surface area (Å²) in [6, 6.07) is 4.02. The van der Waals surface area contributed by atoms with Gasteiger partial charge in [0.15, 0.2) is 11.6 Å². The molecule has 2 aromatic rings. The normalized spacial score (nSPS) is 18.3. The van der Waals surface area contributed by atoms with E-state index in [-0.39, 0.29) is 5.91 Å². The highest BCUT2D eigenvalue weighted by molar-refractivity contribution is 7.07. The Morgan fingerprint density at radius 1 is 0.962 bits per heavy atom. The molecule has 2 fully saturated rings. The molecule has 4 rings (SSSR count). The number of morpholine rings is 1. The fraction of sp³-hybridized carbons (Fsp3) is 0.562. The van der Waals surface area contributed by atoms with Gasteiger partial charge in [-0.2, -0.15) is 0 Å². The van der Waals surface area contributed by atoms with Crippen LogP contribution in [0.5, 0.6) is 0 Å². The van der Waals surface area contributed by atoms with Crippen molar-refractivity contribution in [3.63, 3.8) is 0 Å². The molecule has 4 heterocycles. The summed E-state index contributed by atoms with van der Waals surface area (Å²) in [7, 11) is 0. The van der Waals surface area contributed by atoms with Crippen molar-refractivity contribution in [1.82, 2.24) is 24.7 Å². The smallest absolute Gasteiger partial charge is 0.267 e. The Labute approximate surface area is 155 Å². The van der Waals surface area contributed by atoms with E-state index < -0.39 is 0 Å². The molecule has 2 aliphatic rings. The lowest BCUT2D eigenvalue weighted by atomic mass is 10.2. The molecule has 0 bridgehead atoms. The summed E-state index contributed by atoms with van der Waals surface area (Å²) in [5.74, 6) is 1.76. The topological polar surface area (TPSA) is 87.6 Å². The highest BCUT2D eigenvalue weighted by Gasteiger charge is 2.25. The second-order valence-corrected chi connectivity index (χ2v) is 7.07. The predicted octanol–water partition coefficient (Wildman–Crippen LogP) is 0.436. The van der Waals surface area contributed by atoms with Crippen LogP contribution in [0, 0.1) is 6.92 Å². The lowest BCUT2D eigenvalue weighted by Gasteiger charge is -2.35. The van der Waals surface area contributed by atoms with E-state index >= 15 is 0 Å². The van der Waals surface area contributed by atoms with E-state index in [4.69, 9.17) is 4.74 Å². The molecule has 1 amide bonds. The molecular formula is C16H21N7O2S. The maximum absolute atomic E-state index is 12.5. The zero-order chi connectivity index (χ0) is 17.9. The van der Waals surface area contributed by atoms with Crippen LogP contribution in [0.3, 0.4) is 0 Å². The summed E-state index contributed by atoms with van der Waals surface area (Å²) in [5.41, 5.74) is 0.701. The standard InChI is InChI=1S/C16H21N7O2S/c1-12-15(26-20-17-12)16(24)23-6-4-21(5-7-23)13-2-3-14(19-18-13)22-8-10-25-11-9-22/h2-3H,4-11H2,1H3. The van der Waals surface area contributed by atoms with Gasteiger partial charge in [-0.15, -0.1) is 15.3 Å². The predicted molar refractivity (Wildman–Crippen MR) is 97.8 cm³/mol. The summed E-state index contributed by atoms with van der Waals surface area (Å²) in [6.45, 7) is 7.76. The first kappa shape index (κ1) is 17.1. The molecule has 0 spiro atoms. The Kier molecular flexibility index (Phi) is 4.93. The van der Waals surface area contributed by atoms with Gasteiger partial charge < -0.3 is 19.4 Å². The summed E-state index contributed by atoms with van der Waals surface area (Å²) >= 11 is 1.16. The van der Waals surface area contributed by atoms with Gasteiger partial charge in [0.05, 0.1) is 18.9 Å². The van der Waals surface area contributed by atoms with Crippen LogP contribution in [0.15, 0.2) is 12.1 Å². The van der Waals surface area contributed by atoms with Crippen molar-refractivity contribution in [3.8, 4) is 0 Å². The fourth-order valence-corrected chi connectivity index (χ4v) is 3.78. The Morgan fingerprint density at radius 3 is 2.12 bits per heavy atom. The van der Waals surface area contributed by atoms with Crippen LogP contribution in [-0.2, 0) is 4.74 Å². The molecule has 0 saturated carbocycles. The van der Waals surface area contributed by atoms with Crippen LogP contribution < -0.4 is 9.80 Å². The van der Waals surface area contributed by atoms with E-state index in [1.165, 1.54) is 0 Å². The number of aromatic nitrogens is 4. The first-order chi connectivity index (χ1) is 12.7. The van der Waals surface area contributed by atoms with Crippen molar-refractivity contribution in [1.29, 1.82) is 0 Å². The number of ether oxygens (including phenoxy) is 1. The summed E-state index contributed by atoms with van der Waals surface area (Å²) in [6.07, 6.45) is 0. The molecule has 0 unspecified atom stereocenters. The van der Waals surface area contributed by atoms with Gasteiger partial charge in [0.25, 0.3) is 5.91 Å². The minimum Gasteiger partial charge on any atom is -0.378 e. The highest BCUT2D eigenvalue weighted by Crippen LogP contribution is 2.19. The number of rotatable bonds is 3. The fourth-order valence-electron chi connectivity index (χ4n) is 3.16. The first-order valence-electron chi connectivity index (χ1n) is 8.72. The monoisotopic (exact) mass is 375 g/mol. The Bertz CT molecular complexity index is 752. The maximum atomic E-state index is 12.5. The number of nitrogens with zero attached hydrogens (tertiary/aromatic N) is 7. The molecular weight excluding hydrogens is 354 g/mol. The summed E-state index contributed by atoms with van der Waals surface area (Å²) < 4.78 is 9.22. The lowest BCUT2D eigenvalue weighted by molar-refractivity contribution is 0.0750. The van der Waals surface area contributed by atoms with Crippen LogP contribution in [0.1, 0.15) is 15.4 Å². The second kappa shape index (κ2) is 7.50. The van der Waals surface area contributed by atoms with E-state index in [1.807, 2.05) is 24.0 Å². The van der Waals surface area contributed by atoms with Crippen molar-refractivity contribution < 1.29 is 9.53 Å². The minimum absolute atomic E-state index is 0.0194. The van der Waals surface area contributed by atoms with Crippen LogP contribution in [0.4, 0.5) is 11.6 Å². The third-order valence-corrected chi connectivity index (χ3v) is 5.52. The van der Waals surface area contributed by atoms with E-state index in [1.54, 1.807) is 0 Å². The molecule has 2 aliphatic heterocycles. The Hall–Kier alpha value is -2.33. The SMILES string of the molecule is Cc1nnsc1C(=O)N1CCN(c2ccc(N3CCOCC3)nn2)CC1. The van der Waals surface area contributed by atoms with E-state index in [0.29, 0.717) is 23.7 Å². The van der Waals surface area contributed by atoms with Gasteiger partial charge in [-0.1, -0.05) is 4.49 Å². The van der Waals surface area contributed by atoms with Gasteiger partial charge in [-0.3, -0.25) is 4.79 Å². The quantitative estimate of drug-likeness (QED) is 0.764. The van der Waals surface area contributed by atoms with Crippen molar-refractivity contribution in [2.45, 2.75) is 6.92 Å². The van der Waals surface area contributed by atoms with Gasteiger partial charge in [-0.25, -0.2) is 0 Å². The molecule has 0 atom stereocenters. The number of anilines is 2. The molecule has 10 heteroatoms. The molecule has 0 N–H and O–H groups in total. The third kappa shape index (κ3) is 3.47. The average Bonchev–Trinajstić information content (AvgIpc) is 3.14. The molecule has 138 valence electrons. The molecule has 0 aromatic carbocycles. The number of piperazine rings is 1.